The molecule has 1 atom stereocenters. The van der Waals surface area contributed by atoms with Crippen LogP contribution >= 0.6 is 0 Å². The number of rotatable bonds is 6. The van der Waals surface area contributed by atoms with Crippen molar-refractivity contribution in [1.82, 2.24) is 0 Å². The molecule has 0 spiro atoms. The van der Waals surface area contributed by atoms with E-state index < -0.39 is 19.4 Å². The molecule has 0 aliphatic rings. The summed E-state index contributed by atoms with van der Waals surface area (Å²) in [7, 11) is 0. The Morgan fingerprint density at radius 3 is 1.18 bits per heavy atom. The zero-order valence-electron chi connectivity index (χ0n) is 15.8. The summed E-state index contributed by atoms with van der Waals surface area (Å²) >= 11 is -3.11. The van der Waals surface area contributed by atoms with Crippen molar-refractivity contribution in [3.8, 4) is 0 Å². The molecule has 28 heavy (non-hydrogen) atoms. The average Bonchev–Trinajstić information content (AvgIpc) is 2.80. The predicted octanol–water partition coefficient (Wildman–Crippen LogP) is 3.89. The van der Waals surface area contributed by atoms with Gasteiger partial charge >= 0.3 is 170 Å². The molecule has 4 rings (SSSR count). The minimum atomic E-state index is -3.11. The predicted molar refractivity (Wildman–Crippen MR) is 120 cm³/mol. The molecule has 0 aliphatic heterocycles. The minimum absolute atomic E-state index is 0.498. The summed E-state index contributed by atoms with van der Waals surface area (Å²) in [6.07, 6.45) is -0.498. The van der Waals surface area contributed by atoms with Gasteiger partial charge in [-0.2, -0.15) is 0 Å². The van der Waals surface area contributed by atoms with Gasteiger partial charge in [-0.05, 0) is 0 Å². The fourth-order valence-corrected chi connectivity index (χ4v) is 14.2. The van der Waals surface area contributed by atoms with Crippen molar-refractivity contribution in [2.45, 2.75) is 11.4 Å². The van der Waals surface area contributed by atoms with E-state index in [-0.39, 0.29) is 0 Å². The molecule has 0 aromatic heterocycles. The molecule has 0 amide bonds. The van der Waals surface area contributed by atoms with Gasteiger partial charge in [0.05, 0.1) is 0 Å². The summed E-state index contributed by atoms with van der Waals surface area (Å²) in [5.41, 5.74) is 0.986. The Labute approximate surface area is 169 Å². The Hall–Kier alpha value is -2.62. The van der Waals surface area contributed by atoms with Gasteiger partial charge in [0.1, 0.15) is 0 Å². The molecule has 4 aromatic rings. The van der Waals surface area contributed by atoms with Gasteiger partial charge in [-0.15, -0.1) is 0 Å². The topological polar surface area (TPSA) is 20.2 Å². The van der Waals surface area contributed by atoms with Gasteiger partial charge in [0.15, 0.2) is 0 Å². The molecule has 0 saturated heterocycles. The van der Waals surface area contributed by atoms with Crippen molar-refractivity contribution in [3.63, 3.8) is 0 Å². The third-order valence-electron chi connectivity index (χ3n) is 5.48. The average molecular weight is 425 g/mol. The van der Waals surface area contributed by atoms with Crippen LogP contribution in [0, 0.1) is 0 Å². The first kappa shape index (κ1) is 18.7. The number of aliphatic hydroxyl groups excluding tert-OH is 1. The second-order valence-corrected chi connectivity index (χ2v) is 15.4. The zero-order valence-corrected chi connectivity index (χ0v) is 17.9. The Kier molecular flexibility index (Phi) is 5.75. The van der Waals surface area contributed by atoms with Crippen LogP contribution in [0.15, 0.2) is 121 Å². The monoisotopic (exact) mass is 426 g/mol. The second-order valence-electron chi connectivity index (χ2n) is 7.13. The Bertz CT molecular complexity index is 889. The van der Waals surface area contributed by atoms with Crippen LogP contribution in [-0.2, 0) is 0 Å². The number of hydrogen-bond acceptors (Lipinski definition) is 1. The van der Waals surface area contributed by atoms with Gasteiger partial charge in [0.2, 0.25) is 0 Å². The second kappa shape index (κ2) is 8.60. The molecule has 0 heterocycles. The molecule has 138 valence electrons. The summed E-state index contributed by atoms with van der Waals surface area (Å²) in [4.78, 5) is 0. The van der Waals surface area contributed by atoms with Crippen LogP contribution in [0.5, 0.6) is 0 Å². The Balaban J connectivity index is 1.93. The Morgan fingerprint density at radius 1 is 0.500 bits per heavy atom. The quantitative estimate of drug-likeness (QED) is 0.465. The van der Waals surface area contributed by atoms with Gasteiger partial charge < -0.3 is 0 Å². The van der Waals surface area contributed by atoms with E-state index in [0.29, 0.717) is 0 Å². The number of hydrogen-bond donors (Lipinski definition) is 1. The first-order chi connectivity index (χ1) is 13.8. The van der Waals surface area contributed by atoms with Crippen LogP contribution in [0.1, 0.15) is 11.7 Å². The molecular weight excluding hydrogens is 401 g/mol. The maximum absolute atomic E-state index is 11.3. The first-order valence-corrected chi connectivity index (χ1v) is 14.3. The van der Waals surface area contributed by atoms with Crippen LogP contribution in [0.25, 0.3) is 0 Å². The maximum atomic E-state index is 11.3. The molecule has 0 aliphatic carbocycles. The van der Waals surface area contributed by atoms with Gasteiger partial charge in [-0.3, -0.25) is 0 Å². The summed E-state index contributed by atoms with van der Waals surface area (Å²) in [6, 6.07) is 42.5. The summed E-state index contributed by atoms with van der Waals surface area (Å²) in [5.74, 6) is 0. The third kappa shape index (κ3) is 3.68. The van der Waals surface area contributed by atoms with E-state index in [4.69, 9.17) is 0 Å². The number of aliphatic hydroxyl groups is 1. The van der Waals surface area contributed by atoms with E-state index in [1.807, 2.05) is 30.3 Å². The van der Waals surface area contributed by atoms with Crippen molar-refractivity contribution in [2.24, 2.45) is 0 Å². The van der Waals surface area contributed by atoms with Crippen LogP contribution < -0.4 is 13.2 Å². The molecule has 1 N–H and O–H groups in total. The Morgan fingerprint density at radius 2 is 0.821 bits per heavy atom. The fourth-order valence-electron chi connectivity index (χ4n) is 4.10. The van der Waals surface area contributed by atoms with E-state index >= 15 is 0 Å². The summed E-state index contributed by atoms with van der Waals surface area (Å²) in [6.45, 7) is 0. The molecule has 0 fully saturated rings. The SMILES string of the molecule is OC([CH2][Ge]([c]1ccccc1)([c]1ccccc1)[c]1ccccc1)c1ccccc1. The fraction of sp³-hybridized carbons (Fsp3) is 0.0769. The van der Waals surface area contributed by atoms with Crippen LogP contribution in [0.2, 0.25) is 5.25 Å². The van der Waals surface area contributed by atoms with E-state index in [0.717, 1.165) is 10.8 Å². The van der Waals surface area contributed by atoms with Gasteiger partial charge in [-0.1, -0.05) is 0 Å². The molecule has 2 heteroatoms. The van der Waals surface area contributed by atoms with Gasteiger partial charge in [0.25, 0.3) is 0 Å². The van der Waals surface area contributed by atoms with Gasteiger partial charge in [0, 0.05) is 0 Å². The van der Waals surface area contributed by atoms with Gasteiger partial charge in [-0.25, -0.2) is 0 Å². The van der Waals surface area contributed by atoms with E-state index in [1.54, 1.807) is 0 Å². The molecular formula is C26H24GeO. The molecule has 1 nitrogen and oxygen atoms in total. The van der Waals surface area contributed by atoms with E-state index in [9.17, 15) is 5.11 Å². The standard InChI is InChI=1S/C26H24GeO/c28-26(22-13-5-1-6-14-22)21-27(23-15-7-2-8-16-23,24-17-9-3-10-18-24)25-19-11-4-12-20-25/h1-20,26,28H,21H2. The molecule has 1 unspecified atom stereocenters. The molecule has 4 aromatic carbocycles. The molecule has 0 saturated carbocycles. The molecule has 0 radical (unpaired) electrons. The van der Waals surface area contributed by atoms with Crippen LogP contribution in [0.4, 0.5) is 0 Å². The van der Waals surface area contributed by atoms with E-state index in [2.05, 4.69) is 91.0 Å². The van der Waals surface area contributed by atoms with Crippen molar-refractivity contribution >= 4 is 26.5 Å². The zero-order chi connectivity index (χ0) is 19.2. The van der Waals surface area contributed by atoms with Crippen LogP contribution in [0.3, 0.4) is 0 Å². The van der Waals surface area contributed by atoms with Crippen molar-refractivity contribution in [2.75, 3.05) is 0 Å². The molecule has 0 bridgehead atoms. The van der Waals surface area contributed by atoms with Crippen molar-refractivity contribution < 1.29 is 5.11 Å². The first-order valence-electron chi connectivity index (χ1n) is 9.70. The third-order valence-corrected chi connectivity index (χ3v) is 15.9. The number of benzene rings is 4. The van der Waals surface area contributed by atoms with Crippen molar-refractivity contribution in [3.05, 3.63) is 127 Å². The van der Waals surface area contributed by atoms with Crippen molar-refractivity contribution in [1.29, 1.82) is 0 Å². The van der Waals surface area contributed by atoms with Crippen LogP contribution in [-0.4, -0.2) is 18.4 Å². The summed E-state index contributed by atoms with van der Waals surface area (Å²) < 4.78 is 4.11. The normalized spacial score (nSPS) is 12.5. The summed E-state index contributed by atoms with van der Waals surface area (Å²) in [5, 5.41) is 12.0. The van der Waals surface area contributed by atoms with E-state index in [1.165, 1.54) is 13.2 Å².